The molecule has 1 aliphatic heterocycles. The van der Waals surface area contributed by atoms with Crippen LogP contribution in [0.25, 0.3) is 0 Å². The fraction of sp³-hybridized carbons (Fsp3) is 0.600. The van der Waals surface area contributed by atoms with Gasteiger partial charge in [0.15, 0.2) is 18.0 Å². The lowest BCUT2D eigenvalue weighted by molar-refractivity contribution is -0.0872. The average molecular weight is 311 g/mol. The Labute approximate surface area is 114 Å². The van der Waals surface area contributed by atoms with Crippen LogP contribution >= 0.6 is 11.6 Å². The molecule has 10 heteroatoms. The van der Waals surface area contributed by atoms with E-state index in [-0.39, 0.29) is 0 Å². The summed E-state index contributed by atoms with van der Waals surface area (Å²) in [5.41, 5.74) is -6.36. The van der Waals surface area contributed by atoms with Crippen LogP contribution in [-0.2, 0) is 4.74 Å². The van der Waals surface area contributed by atoms with Crippen molar-refractivity contribution in [3.05, 3.63) is 32.9 Å². The van der Waals surface area contributed by atoms with Crippen LogP contribution in [0.5, 0.6) is 0 Å². The minimum absolute atomic E-state index is 0.415. The highest BCUT2D eigenvalue weighted by Crippen LogP contribution is 2.63. The average Bonchev–Trinajstić information content (AvgIpc) is 2.76. The van der Waals surface area contributed by atoms with Crippen molar-refractivity contribution in [1.29, 1.82) is 0 Å². The molecule has 7 nitrogen and oxygen atoms in total. The highest BCUT2D eigenvalue weighted by Gasteiger charge is 2.87. The Hall–Kier alpha value is -1.29. The Morgan fingerprint density at radius 3 is 2.75 bits per heavy atom. The molecule has 0 amide bonds. The van der Waals surface area contributed by atoms with Gasteiger partial charge in [0.05, 0.1) is 12.1 Å². The maximum absolute atomic E-state index is 14.2. The topological polar surface area (TPSA) is 105 Å². The first-order valence-corrected chi connectivity index (χ1v) is 6.12. The molecule has 1 aliphatic carbocycles. The van der Waals surface area contributed by atoms with Gasteiger partial charge in [0.1, 0.15) is 11.7 Å². The van der Waals surface area contributed by atoms with E-state index in [9.17, 15) is 28.6 Å². The molecule has 3 rings (SSSR count). The molecule has 5 atom stereocenters. The van der Waals surface area contributed by atoms with E-state index in [1.807, 2.05) is 0 Å². The van der Waals surface area contributed by atoms with Gasteiger partial charge in [0, 0.05) is 0 Å². The van der Waals surface area contributed by atoms with Gasteiger partial charge in [-0.05, 0) is 0 Å². The van der Waals surface area contributed by atoms with Gasteiger partial charge < -0.3 is 14.9 Å². The lowest BCUT2D eigenvalue weighted by Crippen LogP contribution is -2.40. The van der Waals surface area contributed by atoms with Crippen molar-refractivity contribution in [1.82, 2.24) is 9.55 Å². The summed E-state index contributed by atoms with van der Waals surface area (Å²) in [5, 5.41) is 19.5. The van der Waals surface area contributed by atoms with Crippen LogP contribution in [-0.4, -0.2) is 49.1 Å². The van der Waals surface area contributed by atoms with Crippen LogP contribution in [0, 0.1) is 5.82 Å². The third-order valence-corrected chi connectivity index (χ3v) is 4.25. The number of nitrogens with zero attached hydrogens (tertiary/aromatic N) is 1. The summed E-state index contributed by atoms with van der Waals surface area (Å²) < 4.78 is 33.0. The first-order chi connectivity index (χ1) is 9.29. The molecule has 1 aromatic heterocycles. The van der Waals surface area contributed by atoms with Crippen molar-refractivity contribution in [2.75, 3.05) is 5.88 Å². The quantitative estimate of drug-likeness (QED) is 0.584. The van der Waals surface area contributed by atoms with Crippen LogP contribution in [0.4, 0.5) is 8.78 Å². The normalized spacial score (nSPS) is 42.5. The second-order valence-electron chi connectivity index (χ2n) is 4.80. The fourth-order valence-electron chi connectivity index (χ4n) is 2.59. The number of ether oxygens (including phenoxy) is 1. The molecular weight excluding hydrogens is 302 g/mol. The zero-order chi connectivity index (χ0) is 14.9. The number of hydrogen-bond acceptors (Lipinski definition) is 5. The van der Waals surface area contributed by atoms with Crippen molar-refractivity contribution in [2.45, 2.75) is 29.7 Å². The molecule has 3 N–H and O–H groups in total. The predicted octanol–water partition coefficient (Wildman–Crippen LogP) is -1.37. The van der Waals surface area contributed by atoms with Crippen molar-refractivity contribution in [3.63, 3.8) is 0 Å². The molecule has 0 aromatic carbocycles. The Balaban J connectivity index is 2.05. The summed E-state index contributed by atoms with van der Waals surface area (Å²) >= 11 is 5.56. The van der Waals surface area contributed by atoms with E-state index >= 15 is 0 Å². The van der Waals surface area contributed by atoms with Crippen molar-refractivity contribution < 1.29 is 23.7 Å². The van der Waals surface area contributed by atoms with Gasteiger partial charge in [-0.2, -0.15) is 4.39 Å². The zero-order valence-electron chi connectivity index (χ0n) is 9.72. The number of aromatic amines is 1. The van der Waals surface area contributed by atoms with Crippen LogP contribution < -0.4 is 11.2 Å². The van der Waals surface area contributed by atoms with E-state index in [4.69, 9.17) is 16.3 Å². The van der Waals surface area contributed by atoms with Gasteiger partial charge >= 0.3 is 5.69 Å². The number of fused-ring (bicyclic) bond motifs is 1. The highest BCUT2D eigenvalue weighted by molar-refractivity contribution is 6.19. The van der Waals surface area contributed by atoms with Gasteiger partial charge in [-0.3, -0.25) is 14.3 Å². The zero-order valence-corrected chi connectivity index (χ0v) is 10.5. The van der Waals surface area contributed by atoms with E-state index in [1.54, 1.807) is 4.98 Å². The number of H-pyrrole nitrogens is 1. The van der Waals surface area contributed by atoms with Crippen LogP contribution in [0.3, 0.4) is 0 Å². The number of aliphatic hydroxyl groups excluding tert-OH is 1. The molecule has 1 saturated heterocycles. The Bertz CT molecular complexity index is 689. The summed E-state index contributed by atoms with van der Waals surface area (Å²) in [4.78, 5) is 24.1. The molecule has 2 aliphatic rings. The Kier molecular flexibility index (Phi) is 2.65. The smallest absolute Gasteiger partial charge is 0.330 e. The Morgan fingerprint density at radius 2 is 2.20 bits per heavy atom. The fourth-order valence-corrected chi connectivity index (χ4v) is 3.01. The van der Waals surface area contributed by atoms with Crippen LogP contribution in [0.2, 0.25) is 0 Å². The molecule has 0 spiro atoms. The number of alkyl halides is 2. The van der Waals surface area contributed by atoms with Gasteiger partial charge in [-0.15, -0.1) is 11.6 Å². The standard InChI is InChI=1S/C10H9ClF2N2O5/c11-2-9-7(17)10(9,19)4(13)6(20-9)15-1-3(12)5(16)14-8(15)18/h1,4,6-7,17,19H,2H2,(H,14,16,18). The molecule has 1 aromatic rings. The highest BCUT2D eigenvalue weighted by atomic mass is 35.5. The minimum Gasteiger partial charge on any atom is -0.387 e. The number of nitrogens with one attached hydrogen (secondary N) is 1. The van der Waals surface area contributed by atoms with E-state index in [1.165, 1.54) is 0 Å². The van der Waals surface area contributed by atoms with E-state index in [2.05, 4.69) is 0 Å². The van der Waals surface area contributed by atoms with Crippen molar-refractivity contribution >= 4 is 11.6 Å². The number of aromatic nitrogens is 2. The monoisotopic (exact) mass is 310 g/mol. The molecule has 2 fully saturated rings. The molecule has 20 heavy (non-hydrogen) atoms. The second kappa shape index (κ2) is 3.88. The predicted molar refractivity (Wildman–Crippen MR) is 60.7 cm³/mol. The van der Waals surface area contributed by atoms with Crippen LogP contribution in [0.1, 0.15) is 6.23 Å². The Morgan fingerprint density at radius 1 is 1.55 bits per heavy atom. The maximum atomic E-state index is 14.2. The summed E-state index contributed by atoms with van der Waals surface area (Å²) in [6, 6.07) is 0. The number of hydrogen-bond donors (Lipinski definition) is 3. The summed E-state index contributed by atoms with van der Waals surface area (Å²) in [5.74, 6) is -1.73. The third kappa shape index (κ3) is 1.33. The molecule has 110 valence electrons. The van der Waals surface area contributed by atoms with Gasteiger partial charge in [0.25, 0.3) is 5.56 Å². The minimum atomic E-state index is -2.26. The van der Waals surface area contributed by atoms with Gasteiger partial charge in [-0.25, -0.2) is 9.18 Å². The molecular formula is C10H9ClF2N2O5. The molecule has 1 saturated carbocycles. The van der Waals surface area contributed by atoms with Crippen molar-refractivity contribution in [3.8, 4) is 0 Å². The summed E-state index contributed by atoms with van der Waals surface area (Å²) in [6.45, 7) is 0. The molecule has 5 unspecified atom stereocenters. The third-order valence-electron chi connectivity index (χ3n) is 3.85. The number of aliphatic hydroxyl groups is 2. The molecule has 0 bridgehead atoms. The van der Waals surface area contributed by atoms with Crippen LogP contribution in [0.15, 0.2) is 15.8 Å². The number of rotatable bonds is 2. The second-order valence-corrected chi connectivity index (χ2v) is 5.07. The lowest BCUT2D eigenvalue weighted by Gasteiger charge is -2.21. The molecule has 2 heterocycles. The largest absolute Gasteiger partial charge is 0.387 e. The van der Waals surface area contributed by atoms with Gasteiger partial charge in [0.2, 0.25) is 5.82 Å². The van der Waals surface area contributed by atoms with E-state index < -0.39 is 52.7 Å². The first-order valence-electron chi connectivity index (χ1n) is 5.59. The van der Waals surface area contributed by atoms with Crippen molar-refractivity contribution in [2.24, 2.45) is 0 Å². The summed E-state index contributed by atoms with van der Waals surface area (Å²) in [6.07, 6.45) is -4.97. The first kappa shape index (κ1) is 13.7. The molecule has 0 radical (unpaired) electrons. The van der Waals surface area contributed by atoms with E-state index in [0.29, 0.717) is 10.8 Å². The van der Waals surface area contributed by atoms with Gasteiger partial charge in [-0.1, -0.05) is 0 Å². The van der Waals surface area contributed by atoms with E-state index in [0.717, 1.165) is 0 Å². The maximum Gasteiger partial charge on any atom is 0.330 e. The lowest BCUT2D eigenvalue weighted by atomic mass is 10.1. The summed E-state index contributed by atoms with van der Waals surface area (Å²) in [7, 11) is 0. The number of halogens is 3. The SMILES string of the molecule is O=c1[nH]c(=O)n(C2OC3(CCl)C(O)C3(O)C2F)cc1F.